The van der Waals surface area contributed by atoms with Gasteiger partial charge in [-0.2, -0.15) is 5.10 Å². The summed E-state index contributed by atoms with van der Waals surface area (Å²) in [4.78, 5) is 15.9. The van der Waals surface area contributed by atoms with Gasteiger partial charge in [-0.15, -0.1) is 0 Å². The highest BCUT2D eigenvalue weighted by Gasteiger charge is 2.05. The zero-order valence-electron chi connectivity index (χ0n) is 16.5. The fraction of sp³-hybridized carbons (Fsp3) is 0.0909. The van der Waals surface area contributed by atoms with Gasteiger partial charge in [-0.25, -0.2) is 5.43 Å². The van der Waals surface area contributed by atoms with Crippen LogP contribution in [-0.4, -0.2) is 28.8 Å². The number of rotatable bonds is 6. The summed E-state index contributed by atoms with van der Waals surface area (Å²) >= 11 is 5.35. The highest BCUT2D eigenvalue weighted by molar-refractivity contribution is 7.80. The van der Waals surface area contributed by atoms with Crippen molar-refractivity contribution in [3.8, 4) is 5.75 Å². The average Bonchev–Trinajstić information content (AvgIpc) is 2.78. The Morgan fingerprint density at radius 2 is 1.47 bits per heavy atom. The Kier molecular flexibility index (Phi) is 7.07. The van der Waals surface area contributed by atoms with E-state index >= 15 is 0 Å². The summed E-state index contributed by atoms with van der Waals surface area (Å²) < 4.78 is 5.14. The van der Waals surface area contributed by atoms with Crippen LogP contribution in [0.4, 0.5) is 11.4 Å². The summed E-state index contributed by atoms with van der Waals surface area (Å²) in [6.45, 7) is 1.82. The van der Waals surface area contributed by atoms with Crippen LogP contribution in [0.3, 0.4) is 0 Å². The van der Waals surface area contributed by atoms with Crippen LogP contribution in [0.25, 0.3) is 0 Å². The average molecular weight is 420 g/mol. The summed E-state index contributed by atoms with van der Waals surface area (Å²) in [7, 11) is 1.62. The van der Waals surface area contributed by atoms with Crippen molar-refractivity contribution >= 4 is 40.3 Å². The molecule has 0 bridgehead atoms. The zero-order chi connectivity index (χ0) is 21.3. The topological polar surface area (TPSA) is 87.6 Å². The lowest BCUT2D eigenvalue weighted by atomic mass is 10.1. The SMILES string of the molecule is COc1ccc(NC(=S)Nc2ccc(/C(C)=N/NC(=O)c3ccncc3)cc2)cc1. The van der Waals surface area contributed by atoms with Crippen LogP contribution in [0.15, 0.2) is 78.2 Å². The molecule has 0 fully saturated rings. The Morgan fingerprint density at radius 1 is 0.900 bits per heavy atom. The second-order valence-corrected chi connectivity index (χ2v) is 6.67. The molecule has 0 aliphatic rings. The predicted octanol–water partition coefficient (Wildman–Crippen LogP) is 4.05. The van der Waals surface area contributed by atoms with Crippen molar-refractivity contribution in [3.63, 3.8) is 0 Å². The number of anilines is 2. The van der Waals surface area contributed by atoms with Crippen molar-refractivity contribution in [2.45, 2.75) is 6.92 Å². The van der Waals surface area contributed by atoms with Gasteiger partial charge in [-0.05, 0) is 73.2 Å². The molecule has 8 heteroatoms. The normalized spacial score (nSPS) is 10.8. The van der Waals surface area contributed by atoms with E-state index in [1.54, 1.807) is 31.6 Å². The largest absolute Gasteiger partial charge is 0.497 e. The van der Waals surface area contributed by atoms with Crippen molar-refractivity contribution in [2.75, 3.05) is 17.7 Å². The zero-order valence-corrected chi connectivity index (χ0v) is 17.4. The highest BCUT2D eigenvalue weighted by Crippen LogP contribution is 2.16. The van der Waals surface area contributed by atoms with Crippen LogP contribution < -0.4 is 20.8 Å². The Hall–Kier alpha value is -3.78. The van der Waals surface area contributed by atoms with Crippen molar-refractivity contribution in [3.05, 3.63) is 84.2 Å². The number of hydrazone groups is 1. The van der Waals surface area contributed by atoms with Gasteiger partial charge in [0.15, 0.2) is 5.11 Å². The van der Waals surface area contributed by atoms with Gasteiger partial charge in [0.1, 0.15) is 5.75 Å². The molecule has 0 atom stereocenters. The molecule has 1 heterocycles. The van der Waals surface area contributed by atoms with Crippen molar-refractivity contribution < 1.29 is 9.53 Å². The molecule has 3 N–H and O–H groups in total. The first-order valence-electron chi connectivity index (χ1n) is 9.12. The lowest BCUT2D eigenvalue weighted by Crippen LogP contribution is -2.19. The quantitative estimate of drug-likeness (QED) is 0.317. The number of aromatic nitrogens is 1. The predicted molar refractivity (Wildman–Crippen MR) is 123 cm³/mol. The van der Waals surface area contributed by atoms with Gasteiger partial charge in [0.05, 0.1) is 12.8 Å². The maximum Gasteiger partial charge on any atom is 0.271 e. The summed E-state index contributed by atoms with van der Waals surface area (Å²) in [5.74, 6) is 0.494. The fourth-order valence-electron chi connectivity index (χ4n) is 2.53. The molecule has 152 valence electrons. The van der Waals surface area contributed by atoms with Gasteiger partial charge in [-0.1, -0.05) is 12.1 Å². The molecule has 0 unspecified atom stereocenters. The molecule has 0 aliphatic heterocycles. The number of hydrogen-bond acceptors (Lipinski definition) is 5. The van der Waals surface area contributed by atoms with E-state index < -0.39 is 0 Å². The summed E-state index contributed by atoms with van der Waals surface area (Å²) in [6.07, 6.45) is 3.12. The summed E-state index contributed by atoms with van der Waals surface area (Å²) in [5.41, 5.74) is 6.30. The Morgan fingerprint density at radius 3 is 2.03 bits per heavy atom. The van der Waals surface area contributed by atoms with Crippen LogP contribution in [0.1, 0.15) is 22.8 Å². The van der Waals surface area contributed by atoms with Crippen LogP contribution in [-0.2, 0) is 0 Å². The molecule has 0 radical (unpaired) electrons. The number of amides is 1. The number of thiocarbonyl (C=S) groups is 1. The number of nitrogens with zero attached hydrogens (tertiary/aromatic N) is 2. The number of hydrogen-bond donors (Lipinski definition) is 3. The molecule has 3 rings (SSSR count). The second-order valence-electron chi connectivity index (χ2n) is 6.26. The molecule has 1 amide bonds. The molecular formula is C22H21N5O2S. The molecule has 0 aliphatic carbocycles. The minimum atomic E-state index is -0.287. The molecule has 7 nitrogen and oxygen atoms in total. The van der Waals surface area contributed by atoms with Gasteiger partial charge in [0.25, 0.3) is 5.91 Å². The number of carbonyl (C=O) groups is 1. The molecule has 1 aromatic heterocycles. The standard InChI is InChI=1S/C22H21N5O2S/c1-15(26-27-21(28)17-11-13-23-14-12-17)16-3-5-18(6-4-16)24-22(30)25-19-7-9-20(29-2)10-8-19/h3-14H,1-2H3,(H,27,28)(H2,24,25,30)/b26-15+. The number of ether oxygens (including phenoxy) is 1. The van der Waals surface area contributed by atoms with E-state index in [-0.39, 0.29) is 5.91 Å². The minimum absolute atomic E-state index is 0.287. The first kappa shape index (κ1) is 20.9. The Labute approximate surface area is 180 Å². The van der Waals surface area contributed by atoms with E-state index in [0.29, 0.717) is 16.4 Å². The van der Waals surface area contributed by atoms with Gasteiger partial charge >= 0.3 is 0 Å². The van der Waals surface area contributed by atoms with E-state index in [1.165, 1.54) is 0 Å². The highest BCUT2D eigenvalue weighted by atomic mass is 32.1. The van der Waals surface area contributed by atoms with E-state index in [0.717, 1.165) is 22.7 Å². The number of pyridine rings is 1. The van der Waals surface area contributed by atoms with E-state index in [1.807, 2.05) is 55.5 Å². The first-order valence-corrected chi connectivity index (χ1v) is 9.53. The Bertz CT molecular complexity index is 1040. The van der Waals surface area contributed by atoms with E-state index in [4.69, 9.17) is 17.0 Å². The third-order valence-corrected chi connectivity index (χ3v) is 4.38. The van der Waals surface area contributed by atoms with Crippen LogP contribution in [0, 0.1) is 0 Å². The molecule has 2 aromatic carbocycles. The molecule has 3 aromatic rings. The lowest BCUT2D eigenvalue weighted by molar-refractivity contribution is 0.0954. The van der Waals surface area contributed by atoms with Crippen LogP contribution in [0.5, 0.6) is 5.75 Å². The smallest absolute Gasteiger partial charge is 0.271 e. The van der Waals surface area contributed by atoms with Crippen molar-refractivity contribution in [1.82, 2.24) is 10.4 Å². The number of benzene rings is 2. The van der Waals surface area contributed by atoms with Gasteiger partial charge < -0.3 is 15.4 Å². The molecule has 0 saturated carbocycles. The molecular weight excluding hydrogens is 398 g/mol. The second kappa shape index (κ2) is 10.1. The third-order valence-electron chi connectivity index (χ3n) is 4.18. The molecule has 0 spiro atoms. The van der Waals surface area contributed by atoms with Gasteiger partial charge in [0.2, 0.25) is 0 Å². The van der Waals surface area contributed by atoms with Gasteiger partial charge in [0, 0.05) is 29.3 Å². The fourth-order valence-corrected chi connectivity index (χ4v) is 2.77. The van der Waals surface area contributed by atoms with E-state index in [9.17, 15) is 4.79 Å². The monoisotopic (exact) mass is 419 g/mol. The molecule has 0 saturated heterocycles. The Balaban J connectivity index is 1.55. The lowest BCUT2D eigenvalue weighted by Gasteiger charge is -2.11. The van der Waals surface area contributed by atoms with Crippen LogP contribution in [0.2, 0.25) is 0 Å². The molecule has 30 heavy (non-hydrogen) atoms. The van der Waals surface area contributed by atoms with Crippen LogP contribution >= 0.6 is 12.2 Å². The maximum atomic E-state index is 12.1. The third kappa shape index (κ3) is 5.86. The maximum absolute atomic E-state index is 12.1. The van der Waals surface area contributed by atoms with Crippen molar-refractivity contribution in [2.24, 2.45) is 5.10 Å². The first-order chi connectivity index (χ1) is 14.5. The summed E-state index contributed by atoms with van der Waals surface area (Å²) in [5, 5.41) is 10.9. The minimum Gasteiger partial charge on any atom is -0.497 e. The summed E-state index contributed by atoms with van der Waals surface area (Å²) in [6, 6.07) is 18.3. The van der Waals surface area contributed by atoms with Crippen molar-refractivity contribution in [1.29, 1.82) is 0 Å². The number of nitrogens with one attached hydrogen (secondary N) is 3. The number of methoxy groups -OCH3 is 1. The number of carbonyl (C=O) groups excluding carboxylic acids is 1. The van der Waals surface area contributed by atoms with E-state index in [2.05, 4.69) is 26.1 Å². The van der Waals surface area contributed by atoms with Gasteiger partial charge in [-0.3, -0.25) is 9.78 Å².